The van der Waals surface area contributed by atoms with Crippen molar-refractivity contribution >= 4 is 25.5 Å². The van der Waals surface area contributed by atoms with Crippen LogP contribution in [0.3, 0.4) is 0 Å². The molecule has 19 heteroatoms. The van der Waals surface area contributed by atoms with E-state index >= 15 is 0 Å². The van der Waals surface area contributed by atoms with E-state index in [2.05, 4.69) is 17.2 Å². The minimum Gasteiger partial charge on any atom is -0.460 e. The second kappa shape index (κ2) is 22.3. The number of carbonyl (C=O) groups is 2. The van der Waals surface area contributed by atoms with Crippen LogP contribution in [0.1, 0.15) is 135 Å². The lowest BCUT2D eigenvalue weighted by Gasteiger charge is -2.21. The fraction of sp³-hybridized carbons (Fsp3) is 0.722. The van der Waals surface area contributed by atoms with Crippen molar-refractivity contribution < 1.29 is 46.7 Å². The van der Waals surface area contributed by atoms with Gasteiger partial charge in [0.25, 0.3) is 5.56 Å². The third-order valence-electron chi connectivity index (χ3n) is 9.56. The molecule has 1 unspecified atom stereocenters. The van der Waals surface area contributed by atoms with Gasteiger partial charge in [0.2, 0.25) is 11.7 Å². The fourth-order valence-electron chi connectivity index (χ4n) is 6.64. The van der Waals surface area contributed by atoms with Crippen LogP contribution in [0, 0.1) is 5.82 Å². The minimum absolute atomic E-state index is 0.142. The van der Waals surface area contributed by atoms with E-state index in [4.69, 9.17) is 23.3 Å². The fourth-order valence-corrected chi connectivity index (χ4v) is 7.40. The van der Waals surface area contributed by atoms with E-state index in [-0.39, 0.29) is 24.8 Å². The number of anilines is 1. The molecule has 4 rings (SSSR count). The van der Waals surface area contributed by atoms with Crippen LogP contribution in [-0.4, -0.2) is 67.4 Å². The van der Waals surface area contributed by atoms with Gasteiger partial charge in [-0.25, -0.2) is 14.2 Å². The first kappa shape index (κ1) is 44.2. The molecule has 0 bridgehead atoms. The van der Waals surface area contributed by atoms with Crippen molar-refractivity contribution in [3.8, 4) is 0 Å². The number of aromatic amines is 1. The van der Waals surface area contributed by atoms with Crippen molar-refractivity contribution in [2.24, 2.45) is 0 Å². The molecule has 2 aliphatic rings. The largest absolute Gasteiger partial charge is 0.472 e. The van der Waals surface area contributed by atoms with Crippen LogP contribution in [0.4, 0.5) is 10.2 Å². The first-order valence-electron chi connectivity index (χ1n) is 19.3. The van der Waals surface area contributed by atoms with Crippen molar-refractivity contribution in [3.63, 3.8) is 0 Å². The highest BCUT2D eigenvalue weighted by Gasteiger charge is 2.41. The molecule has 2 fully saturated rings. The van der Waals surface area contributed by atoms with Crippen LogP contribution in [0.25, 0.3) is 0 Å². The average Bonchev–Trinajstić information content (AvgIpc) is 3.77. The molecule has 0 saturated carbocycles. The lowest BCUT2D eigenvalue weighted by Crippen LogP contribution is -2.34. The van der Waals surface area contributed by atoms with E-state index in [9.17, 15) is 37.8 Å². The number of rotatable bonds is 24. The lowest BCUT2D eigenvalue weighted by atomic mass is 10.0. The summed E-state index contributed by atoms with van der Waals surface area (Å²) >= 11 is 0. The zero-order valence-corrected chi connectivity index (χ0v) is 32.6. The van der Waals surface area contributed by atoms with Crippen LogP contribution >= 0.6 is 7.82 Å². The number of halogens is 1. The molecule has 1 amide bonds. The number of esters is 1. The number of nitrogens with one attached hydrogen (secondary N) is 2. The minimum atomic E-state index is -4.72. The Morgan fingerprint density at radius 3 is 2.22 bits per heavy atom. The molecule has 2 aromatic rings. The number of phosphoric ester groups is 1. The van der Waals surface area contributed by atoms with Gasteiger partial charge in [0.1, 0.15) is 30.5 Å². The monoisotopic (exact) mass is 799 g/mol. The smallest absolute Gasteiger partial charge is 0.460 e. The molecule has 0 aliphatic carbocycles. The number of amides is 1. The Hall–Kier alpha value is -3.54. The summed E-state index contributed by atoms with van der Waals surface area (Å²) in [6.07, 6.45) is 14.1. The molecule has 2 aliphatic heterocycles. The highest BCUT2D eigenvalue weighted by molar-refractivity contribution is 7.47. The van der Waals surface area contributed by atoms with Gasteiger partial charge in [0.15, 0.2) is 0 Å². The van der Waals surface area contributed by atoms with Gasteiger partial charge in [-0.2, -0.15) is 9.37 Å². The highest BCUT2D eigenvalue weighted by atomic mass is 31.2. The predicted octanol–water partition coefficient (Wildman–Crippen LogP) is 5.38. The summed E-state index contributed by atoms with van der Waals surface area (Å²) in [5.74, 6) is -2.01. The zero-order valence-electron chi connectivity index (χ0n) is 31.7. The molecule has 55 heavy (non-hydrogen) atoms. The molecule has 0 radical (unpaired) electrons. The third kappa shape index (κ3) is 14.8. The van der Waals surface area contributed by atoms with Crippen LogP contribution < -0.4 is 22.3 Å². The van der Waals surface area contributed by atoms with Crippen LogP contribution in [0.15, 0.2) is 32.8 Å². The molecule has 0 spiro atoms. The van der Waals surface area contributed by atoms with Gasteiger partial charge in [0.05, 0.1) is 25.5 Å². The molecular formula is C36H55FN5O12P. The second-order valence-electron chi connectivity index (χ2n) is 14.0. The summed E-state index contributed by atoms with van der Waals surface area (Å²) in [7, 11) is -4.72. The maximum absolute atomic E-state index is 13.8. The number of hydrogen-bond acceptors (Lipinski definition) is 12. The summed E-state index contributed by atoms with van der Waals surface area (Å²) in [6.45, 7) is 2.38. The molecule has 2 saturated heterocycles. The quantitative estimate of drug-likeness (QED) is 0.0691. The molecule has 2 aromatic heterocycles. The summed E-state index contributed by atoms with van der Waals surface area (Å²) in [5.41, 5.74) is -2.82. The lowest BCUT2D eigenvalue weighted by molar-refractivity contribution is -0.150. The number of hydrogen-bond donors (Lipinski definition) is 3. The van der Waals surface area contributed by atoms with Crippen LogP contribution in [-0.2, 0) is 37.4 Å². The maximum atomic E-state index is 13.8. The van der Waals surface area contributed by atoms with Gasteiger partial charge in [-0.05, 0) is 25.3 Å². The first-order valence-corrected chi connectivity index (χ1v) is 20.8. The normalized spacial score (nSPS) is 22.1. The summed E-state index contributed by atoms with van der Waals surface area (Å²) in [6, 6.07) is 1.51. The van der Waals surface area contributed by atoms with E-state index in [0.717, 1.165) is 30.8 Å². The van der Waals surface area contributed by atoms with Crippen LogP contribution in [0.2, 0.25) is 0 Å². The molecule has 3 N–H and O–H groups in total. The van der Waals surface area contributed by atoms with Crippen molar-refractivity contribution in [3.05, 3.63) is 55.6 Å². The number of nitrogens with zero attached hydrogens (tertiary/aromatic N) is 3. The Labute approximate surface area is 318 Å². The number of aromatic nitrogens is 4. The molecular weight excluding hydrogens is 744 g/mol. The number of phosphoric acid groups is 1. The summed E-state index contributed by atoms with van der Waals surface area (Å²) < 4.78 is 55.5. The second-order valence-corrected chi connectivity index (χ2v) is 15.5. The maximum Gasteiger partial charge on any atom is 0.472 e. The average molecular weight is 800 g/mol. The number of unbranched alkanes of at least 4 members (excludes halogenated alkanes) is 12. The SMILES string of the molecule is CCCCCCCCCCCCCCCC(=O)Nc1ccn([C@H]2CC[C@@H](COP(=O)(O)OC[C@H]3O[C@@H](n4cc(F)c(=O)[nH]c4=O)C[C@@H]3OC(C)=O)O2)c(=O)n1. The van der Waals surface area contributed by atoms with Crippen molar-refractivity contribution in [1.29, 1.82) is 0 Å². The molecule has 17 nitrogen and oxygen atoms in total. The standard InChI is InChI=1S/C36H55FN5O12P/c1-3-4-5-6-7-8-9-10-11-12-13-14-15-16-31(44)38-30-19-20-41(35(46)39-30)32-18-17-26(53-32)23-50-55(48,49)51-24-29-28(52-25(2)43)21-33(54-29)42-22-27(37)34(45)40-36(42)47/h19-20,22,26,28-29,32-33H,3-18,21,23-24H2,1-2H3,(H,48,49)(H,40,45,47)(H,38,39,44,46)/t26-,28-,29+,32+,33+/m0/s1. The predicted molar refractivity (Wildman–Crippen MR) is 198 cm³/mol. The van der Waals surface area contributed by atoms with Gasteiger partial charge in [0, 0.05) is 26.0 Å². The van der Waals surface area contributed by atoms with E-state index in [1.54, 1.807) is 4.98 Å². The molecule has 4 heterocycles. The van der Waals surface area contributed by atoms with Crippen molar-refractivity contribution in [1.82, 2.24) is 19.1 Å². The topological polar surface area (TPSA) is 219 Å². The van der Waals surface area contributed by atoms with Crippen LogP contribution in [0.5, 0.6) is 0 Å². The number of H-pyrrole nitrogens is 1. The Kier molecular flexibility index (Phi) is 17.9. The van der Waals surface area contributed by atoms with Gasteiger partial charge >= 0.3 is 25.2 Å². The van der Waals surface area contributed by atoms with E-state index < -0.39 is 73.9 Å². The van der Waals surface area contributed by atoms with E-state index in [1.807, 2.05) is 0 Å². The molecule has 6 atom stereocenters. The van der Waals surface area contributed by atoms with Gasteiger partial charge in [-0.1, -0.05) is 84.0 Å². The van der Waals surface area contributed by atoms with Gasteiger partial charge < -0.3 is 24.4 Å². The van der Waals surface area contributed by atoms with Crippen molar-refractivity contribution in [2.45, 2.75) is 154 Å². The summed E-state index contributed by atoms with van der Waals surface area (Å²) in [4.78, 5) is 76.6. The Bertz CT molecular complexity index is 1770. The van der Waals surface area contributed by atoms with Gasteiger partial charge in [-0.3, -0.25) is 37.5 Å². The Morgan fingerprint density at radius 1 is 0.945 bits per heavy atom. The molecule has 0 aromatic carbocycles. The summed E-state index contributed by atoms with van der Waals surface area (Å²) in [5, 5.41) is 2.68. The van der Waals surface area contributed by atoms with Gasteiger partial charge in [-0.15, -0.1) is 0 Å². The highest BCUT2D eigenvalue weighted by Crippen LogP contribution is 2.45. The van der Waals surface area contributed by atoms with E-state index in [0.29, 0.717) is 25.5 Å². The van der Waals surface area contributed by atoms with E-state index in [1.165, 1.54) is 81.0 Å². The number of ether oxygens (including phenoxy) is 3. The Morgan fingerprint density at radius 2 is 1.58 bits per heavy atom. The zero-order chi connectivity index (χ0) is 39.8. The van der Waals surface area contributed by atoms with Crippen molar-refractivity contribution in [2.75, 3.05) is 18.5 Å². The third-order valence-corrected chi connectivity index (χ3v) is 10.5. The number of carbonyl (C=O) groups excluding carboxylic acids is 2. The molecule has 308 valence electrons. The first-order chi connectivity index (χ1) is 26.3. The Balaban J connectivity index is 1.14.